The molecule has 3 nitrogen and oxygen atoms in total. The van der Waals surface area contributed by atoms with Gasteiger partial charge in [-0.25, -0.2) is 4.89 Å². The summed E-state index contributed by atoms with van der Waals surface area (Å²) in [6.07, 6.45) is 0. The SMILES string of the molecule is CC1(C)OCOO1. The summed E-state index contributed by atoms with van der Waals surface area (Å²) in [5.41, 5.74) is 0. The van der Waals surface area contributed by atoms with Gasteiger partial charge < -0.3 is 4.74 Å². The molecule has 1 heterocycles. The van der Waals surface area contributed by atoms with Gasteiger partial charge in [-0.1, -0.05) is 0 Å². The predicted octanol–water partition coefficient (Wildman–Crippen LogP) is 0.658. The normalized spacial score (nSPS) is 28.3. The zero-order valence-corrected chi connectivity index (χ0v) is 4.43. The van der Waals surface area contributed by atoms with Gasteiger partial charge in [0.05, 0.1) is 0 Å². The molecule has 0 radical (unpaired) electrons. The van der Waals surface area contributed by atoms with Gasteiger partial charge in [0.2, 0.25) is 0 Å². The van der Waals surface area contributed by atoms with Crippen molar-refractivity contribution in [3.63, 3.8) is 0 Å². The minimum Gasteiger partial charge on any atom is -0.318 e. The highest BCUT2D eigenvalue weighted by Crippen LogP contribution is 2.16. The van der Waals surface area contributed by atoms with Crippen molar-refractivity contribution in [2.24, 2.45) is 0 Å². The van der Waals surface area contributed by atoms with E-state index in [9.17, 15) is 0 Å². The lowest BCUT2D eigenvalue weighted by molar-refractivity contribution is -0.309. The first-order valence-electron chi connectivity index (χ1n) is 2.15. The van der Waals surface area contributed by atoms with E-state index in [1.54, 1.807) is 13.8 Å². The monoisotopic (exact) mass is 104 g/mol. The molecule has 1 aliphatic heterocycles. The summed E-state index contributed by atoms with van der Waals surface area (Å²) in [5.74, 6) is -0.528. The Balaban J connectivity index is 2.40. The third-order valence-electron chi connectivity index (χ3n) is 0.714. The van der Waals surface area contributed by atoms with Crippen LogP contribution in [0.15, 0.2) is 0 Å². The fourth-order valence-electron chi connectivity index (χ4n) is 0.356. The summed E-state index contributed by atoms with van der Waals surface area (Å²) < 4.78 is 4.90. The highest BCUT2D eigenvalue weighted by Gasteiger charge is 2.26. The number of ether oxygens (including phenoxy) is 1. The first-order chi connectivity index (χ1) is 3.21. The lowest BCUT2D eigenvalue weighted by Gasteiger charge is -2.09. The molecule has 7 heavy (non-hydrogen) atoms. The fraction of sp³-hybridized carbons (Fsp3) is 1.00. The lowest BCUT2D eigenvalue weighted by Crippen LogP contribution is -2.18. The summed E-state index contributed by atoms with van der Waals surface area (Å²) in [7, 11) is 0. The number of rotatable bonds is 0. The first-order valence-corrected chi connectivity index (χ1v) is 2.15. The molecule has 0 aliphatic carbocycles. The summed E-state index contributed by atoms with van der Waals surface area (Å²) in [6.45, 7) is 3.83. The molecular formula is C4H8O3. The van der Waals surface area contributed by atoms with E-state index >= 15 is 0 Å². The van der Waals surface area contributed by atoms with Gasteiger partial charge in [-0.15, -0.1) is 0 Å². The lowest BCUT2D eigenvalue weighted by atomic mass is 10.4. The van der Waals surface area contributed by atoms with E-state index in [2.05, 4.69) is 9.78 Å². The highest BCUT2D eigenvalue weighted by molar-refractivity contribution is 4.49. The largest absolute Gasteiger partial charge is 0.318 e. The molecule has 0 atom stereocenters. The zero-order chi connectivity index (χ0) is 5.33. The molecule has 0 spiro atoms. The van der Waals surface area contributed by atoms with Crippen molar-refractivity contribution in [3.05, 3.63) is 0 Å². The van der Waals surface area contributed by atoms with Gasteiger partial charge in [-0.3, -0.25) is 0 Å². The topological polar surface area (TPSA) is 27.7 Å². The van der Waals surface area contributed by atoms with Gasteiger partial charge >= 0.3 is 0 Å². The van der Waals surface area contributed by atoms with Gasteiger partial charge in [0, 0.05) is 0 Å². The Bertz CT molecular complexity index is 61.3. The summed E-state index contributed by atoms with van der Waals surface area (Å²) in [5, 5.41) is 0. The van der Waals surface area contributed by atoms with E-state index in [1.807, 2.05) is 0 Å². The molecular weight excluding hydrogens is 96.0 g/mol. The van der Waals surface area contributed by atoms with E-state index in [-0.39, 0.29) is 6.79 Å². The van der Waals surface area contributed by atoms with E-state index in [0.29, 0.717) is 0 Å². The van der Waals surface area contributed by atoms with E-state index in [1.165, 1.54) is 0 Å². The predicted molar refractivity (Wildman–Crippen MR) is 22.2 cm³/mol. The Kier molecular flexibility index (Phi) is 1.03. The molecule has 0 aromatic carbocycles. The molecule has 0 aromatic heterocycles. The van der Waals surface area contributed by atoms with Crippen LogP contribution >= 0.6 is 0 Å². The van der Waals surface area contributed by atoms with Crippen LogP contribution in [0.4, 0.5) is 0 Å². The molecule has 1 saturated heterocycles. The van der Waals surface area contributed by atoms with Crippen molar-refractivity contribution < 1.29 is 14.5 Å². The molecule has 42 valence electrons. The number of hydrogen-bond acceptors (Lipinski definition) is 3. The summed E-state index contributed by atoms with van der Waals surface area (Å²) in [6, 6.07) is 0. The van der Waals surface area contributed by atoms with Crippen molar-refractivity contribution >= 4 is 0 Å². The van der Waals surface area contributed by atoms with E-state index < -0.39 is 5.79 Å². The van der Waals surface area contributed by atoms with Crippen LogP contribution in [0.1, 0.15) is 13.8 Å². The third-order valence-corrected chi connectivity index (χ3v) is 0.714. The molecule has 1 rings (SSSR count). The molecule has 0 aromatic rings. The first kappa shape index (κ1) is 5.03. The highest BCUT2D eigenvalue weighted by atomic mass is 17.3. The smallest absolute Gasteiger partial charge is 0.198 e. The Morgan fingerprint density at radius 3 is 2.29 bits per heavy atom. The molecule has 1 aliphatic rings. The molecule has 0 unspecified atom stereocenters. The van der Waals surface area contributed by atoms with Crippen molar-refractivity contribution in [2.75, 3.05) is 6.79 Å². The van der Waals surface area contributed by atoms with Crippen molar-refractivity contribution in [1.82, 2.24) is 0 Å². The minimum atomic E-state index is -0.528. The molecule has 0 saturated carbocycles. The molecule has 1 fully saturated rings. The number of hydrogen-bond donors (Lipinski definition) is 0. The second-order valence-corrected chi connectivity index (χ2v) is 1.86. The van der Waals surface area contributed by atoms with Crippen molar-refractivity contribution in [3.8, 4) is 0 Å². The van der Waals surface area contributed by atoms with Crippen LogP contribution in [0, 0.1) is 0 Å². The van der Waals surface area contributed by atoms with Gasteiger partial charge in [-0.2, -0.15) is 4.89 Å². The summed E-state index contributed by atoms with van der Waals surface area (Å²) in [4.78, 5) is 9.06. The Morgan fingerprint density at radius 1 is 1.43 bits per heavy atom. The van der Waals surface area contributed by atoms with Crippen molar-refractivity contribution in [2.45, 2.75) is 19.6 Å². The Hall–Kier alpha value is -0.120. The summed E-state index contributed by atoms with van der Waals surface area (Å²) >= 11 is 0. The average Bonchev–Trinajstić information content (AvgIpc) is 1.84. The Labute approximate surface area is 42.1 Å². The van der Waals surface area contributed by atoms with Crippen LogP contribution in [0.25, 0.3) is 0 Å². The van der Waals surface area contributed by atoms with Crippen LogP contribution in [0.2, 0.25) is 0 Å². The van der Waals surface area contributed by atoms with Crippen LogP contribution in [0.5, 0.6) is 0 Å². The molecule has 3 heteroatoms. The van der Waals surface area contributed by atoms with Crippen LogP contribution < -0.4 is 0 Å². The fourth-order valence-corrected chi connectivity index (χ4v) is 0.356. The van der Waals surface area contributed by atoms with Crippen LogP contribution in [0.3, 0.4) is 0 Å². The van der Waals surface area contributed by atoms with Gasteiger partial charge in [0.25, 0.3) is 0 Å². The standard InChI is InChI=1S/C4H8O3/c1-4(2)5-3-6-7-4/h3H2,1-2H3. The zero-order valence-electron chi connectivity index (χ0n) is 4.43. The minimum absolute atomic E-state index is 0.243. The van der Waals surface area contributed by atoms with Crippen molar-refractivity contribution in [1.29, 1.82) is 0 Å². The second-order valence-electron chi connectivity index (χ2n) is 1.86. The van der Waals surface area contributed by atoms with E-state index in [0.717, 1.165) is 0 Å². The maximum atomic E-state index is 4.90. The van der Waals surface area contributed by atoms with Gasteiger partial charge in [-0.05, 0) is 13.8 Å². The average molecular weight is 104 g/mol. The Morgan fingerprint density at radius 2 is 2.14 bits per heavy atom. The van der Waals surface area contributed by atoms with Crippen LogP contribution in [-0.4, -0.2) is 12.6 Å². The quantitative estimate of drug-likeness (QED) is 0.422. The maximum Gasteiger partial charge on any atom is 0.198 e. The van der Waals surface area contributed by atoms with Crippen LogP contribution in [-0.2, 0) is 14.5 Å². The second kappa shape index (κ2) is 1.43. The van der Waals surface area contributed by atoms with E-state index in [4.69, 9.17) is 4.74 Å². The maximum absolute atomic E-state index is 4.90. The molecule has 0 amide bonds. The third kappa shape index (κ3) is 1.12. The molecule has 0 N–H and O–H groups in total. The van der Waals surface area contributed by atoms with Gasteiger partial charge in [0.15, 0.2) is 12.6 Å². The molecule has 0 bridgehead atoms. The van der Waals surface area contributed by atoms with Gasteiger partial charge in [0.1, 0.15) is 0 Å².